The second kappa shape index (κ2) is 7.33. The number of hydrogen-bond donors (Lipinski definition) is 1. The van der Waals surface area contributed by atoms with E-state index in [0.29, 0.717) is 34.5 Å². The molecule has 2 aromatic heterocycles. The van der Waals surface area contributed by atoms with Crippen LogP contribution in [0.25, 0.3) is 22.2 Å². The first-order chi connectivity index (χ1) is 13.9. The summed E-state index contributed by atoms with van der Waals surface area (Å²) in [5, 5.41) is 21.6. The highest BCUT2D eigenvalue weighted by molar-refractivity contribution is 7.91. The van der Waals surface area contributed by atoms with Crippen LogP contribution in [0.15, 0.2) is 58.1 Å². The van der Waals surface area contributed by atoms with Gasteiger partial charge in [0.2, 0.25) is 10.0 Å². The number of methoxy groups -OCH3 is 1. The lowest BCUT2D eigenvalue weighted by Crippen LogP contribution is -2.11. The first-order valence-electron chi connectivity index (χ1n) is 8.55. The van der Waals surface area contributed by atoms with E-state index in [4.69, 9.17) is 20.2 Å². The molecular weight excluding hydrogens is 408 g/mol. The van der Waals surface area contributed by atoms with Gasteiger partial charge in [0.1, 0.15) is 15.7 Å². The summed E-state index contributed by atoms with van der Waals surface area (Å²) < 4.78 is 31.4. The van der Waals surface area contributed by atoms with Gasteiger partial charge in [0.25, 0.3) is 0 Å². The highest BCUT2D eigenvalue weighted by Gasteiger charge is 2.24. The molecule has 0 saturated heterocycles. The van der Waals surface area contributed by atoms with Gasteiger partial charge < -0.3 is 4.74 Å². The molecule has 0 fully saturated rings. The van der Waals surface area contributed by atoms with Crippen molar-refractivity contribution in [3.8, 4) is 23.1 Å². The number of fused-ring (bicyclic) bond motifs is 1. The predicted molar refractivity (Wildman–Crippen MR) is 111 cm³/mol. The Kier molecular flexibility index (Phi) is 4.84. The zero-order valence-electron chi connectivity index (χ0n) is 15.4. The van der Waals surface area contributed by atoms with E-state index in [1.165, 1.54) is 0 Å². The van der Waals surface area contributed by atoms with Crippen LogP contribution >= 0.6 is 11.3 Å². The van der Waals surface area contributed by atoms with Crippen molar-refractivity contribution in [3.05, 3.63) is 65.0 Å². The molecule has 29 heavy (non-hydrogen) atoms. The van der Waals surface area contributed by atoms with Crippen LogP contribution in [0.2, 0.25) is 0 Å². The van der Waals surface area contributed by atoms with E-state index < -0.39 is 10.0 Å². The first-order valence-corrected chi connectivity index (χ1v) is 11.0. The molecule has 2 N–H and O–H groups in total. The molecule has 7 nitrogen and oxygen atoms in total. The van der Waals surface area contributed by atoms with Crippen LogP contribution in [-0.2, 0) is 16.6 Å². The van der Waals surface area contributed by atoms with Crippen LogP contribution in [0.4, 0.5) is 0 Å². The maximum atomic E-state index is 12.0. The Balaban J connectivity index is 1.95. The number of primary sulfonamides is 1. The second-order valence-electron chi connectivity index (χ2n) is 6.34. The van der Waals surface area contributed by atoms with Gasteiger partial charge in [0.15, 0.2) is 0 Å². The lowest BCUT2D eigenvalue weighted by atomic mass is 10.1. The third-order valence-electron chi connectivity index (χ3n) is 4.49. The quantitative estimate of drug-likeness (QED) is 0.528. The van der Waals surface area contributed by atoms with Gasteiger partial charge in [0.05, 0.1) is 36.2 Å². The van der Waals surface area contributed by atoms with E-state index in [0.717, 1.165) is 22.4 Å². The Hall–Kier alpha value is -3.19. The Morgan fingerprint density at radius 1 is 1.24 bits per heavy atom. The summed E-state index contributed by atoms with van der Waals surface area (Å²) in [4.78, 5) is 0. The molecule has 0 aliphatic carbocycles. The molecule has 146 valence electrons. The Morgan fingerprint density at radius 3 is 2.76 bits per heavy atom. The second-order valence-corrected chi connectivity index (χ2v) is 9.01. The fourth-order valence-electron chi connectivity index (χ4n) is 3.28. The van der Waals surface area contributed by atoms with Gasteiger partial charge in [0, 0.05) is 5.56 Å². The standard InChI is InChI=1S/C20H16N4O3S2/c1-27-17-7-3-6-16-18(17)19(15-8-9-28-20(15)29(22,25)26)23-24(16)12-14-5-2-4-13(10-14)11-21/h2-10H,12H2,1H3,(H2,22,25,26). The van der Waals surface area contributed by atoms with Crippen LogP contribution < -0.4 is 9.88 Å². The Morgan fingerprint density at radius 2 is 2.03 bits per heavy atom. The average molecular weight is 425 g/mol. The van der Waals surface area contributed by atoms with Crippen molar-refractivity contribution in [3.63, 3.8) is 0 Å². The van der Waals surface area contributed by atoms with Crippen molar-refractivity contribution in [2.75, 3.05) is 7.11 Å². The van der Waals surface area contributed by atoms with E-state index in [1.807, 2.05) is 24.3 Å². The molecule has 0 aliphatic rings. The maximum absolute atomic E-state index is 12.0. The number of thiophene rings is 1. The van der Waals surface area contributed by atoms with Crippen molar-refractivity contribution < 1.29 is 13.2 Å². The van der Waals surface area contributed by atoms with Crippen molar-refractivity contribution in [2.24, 2.45) is 5.14 Å². The number of benzene rings is 2. The topological polar surface area (TPSA) is 111 Å². The highest BCUT2D eigenvalue weighted by atomic mass is 32.2. The minimum absolute atomic E-state index is 0.0569. The molecule has 2 aromatic carbocycles. The summed E-state index contributed by atoms with van der Waals surface area (Å²) in [7, 11) is -2.34. The van der Waals surface area contributed by atoms with Crippen LogP contribution in [0.3, 0.4) is 0 Å². The van der Waals surface area contributed by atoms with Crippen LogP contribution in [0.5, 0.6) is 5.75 Å². The molecule has 9 heteroatoms. The number of nitriles is 1. The number of hydrogen-bond acceptors (Lipinski definition) is 6. The van der Waals surface area contributed by atoms with E-state index in [1.54, 1.807) is 41.4 Å². The molecule has 2 heterocycles. The van der Waals surface area contributed by atoms with Gasteiger partial charge in [-0.1, -0.05) is 18.2 Å². The van der Waals surface area contributed by atoms with E-state index >= 15 is 0 Å². The van der Waals surface area contributed by atoms with Crippen LogP contribution in [0.1, 0.15) is 11.1 Å². The summed E-state index contributed by atoms with van der Waals surface area (Å²) >= 11 is 1.05. The minimum atomic E-state index is -3.89. The normalized spacial score (nSPS) is 11.5. The number of rotatable bonds is 5. The molecule has 0 amide bonds. The first kappa shape index (κ1) is 19.1. The summed E-state index contributed by atoms with van der Waals surface area (Å²) in [5.74, 6) is 0.584. The van der Waals surface area contributed by atoms with Gasteiger partial charge in [-0.3, -0.25) is 4.68 Å². The molecule has 0 radical (unpaired) electrons. The number of nitrogens with zero attached hydrogens (tertiary/aromatic N) is 3. The SMILES string of the molecule is COc1cccc2c1c(-c1ccsc1S(N)(=O)=O)nn2Cc1cccc(C#N)c1. The Labute approximate surface area is 171 Å². The lowest BCUT2D eigenvalue weighted by molar-refractivity contribution is 0.420. The molecule has 0 spiro atoms. The predicted octanol–water partition coefficient (Wildman–Crippen LogP) is 3.34. The van der Waals surface area contributed by atoms with E-state index in [9.17, 15) is 8.42 Å². The van der Waals surface area contributed by atoms with Crippen molar-refractivity contribution in [2.45, 2.75) is 10.8 Å². The molecule has 0 atom stereocenters. The zero-order valence-corrected chi connectivity index (χ0v) is 17.0. The smallest absolute Gasteiger partial charge is 0.248 e. The largest absolute Gasteiger partial charge is 0.496 e. The maximum Gasteiger partial charge on any atom is 0.248 e. The van der Waals surface area contributed by atoms with Gasteiger partial charge in [-0.15, -0.1) is 11.3 Å². The number of sulfonamides is 1. The molecule has 0 saturated carbocycles. The molecule has 0 aliphatic heterocycles. The summed E-state index contributed by atoms with van der Waals surface area (Å²) in [6.45, 7) is 0.411. The summed E-state index contributed by atoms with van der Waals surface area (Å²) in [5.41, 5.74) is 3.18. The van der Waals surface area contributed by atoms with Gasteiger partial charge in [-0.05, 0) is 41.3 Å². The number of ether oxygens (including phenoxy) is 1. The number of aromatic nitrogens is 2. The monoisotopic (exact) mass is 424 g/mol. The fraction of sp³-hybridized carbons (Fsp3) is 0.100. The molecule has 4 rings (SSSR count). The molecular formula is C20H16N4O3S2. The molecule has 0 bridgehead atoms. The van der Waals surface area contributed by atoms with Crippen LogP contribution in [0, 0.1) is 11.3 Å². The minimum Gasteiger partial charge on any atom is -0.496 e. The molecule has 0 unspecified atom stereocenters. The van der Waals surface area contributed by atoms with Crippen LogP contribution in [-0.4, -0.2) is 25.3 Å². The highest BCUT2D eigenvalue weighted by Crippen LogP contribution is 2.39. The Bertz CT molecular complexity index is 1360. The number of nitrogens with two attached hydrogens (primary N) is 1. The third-order valence-corrected chi connectivity index (χ3v) is 6.92. The fourth-order valence-corrected chi connectivity index (χ4v) is 5.07. The van der Waals surface area contributed by atoms with Crippen molar-refractivity contribution >= 4 is 32.3 Å². The summed E-state index contributed by atoms with van der Waals surface area (Å²) in [6.07, 6.45) is 0. The van der Waals surface area contributed by atoms with E-state index in [2.05, 4.69) is 6.07 Å². The van der Waals surface area contributed by atoms with Crippen molar-refractivity contribution in [1.29, 1.82) is 5.26 Å². The average Bonchev–Trinajstić information content (AvgIpc) is 3.33. The van der Waals surface area contributed by atoms with Gasteiger partial charge in [-0.2, -0.15) is 10.4 Å². The van der Waals surface area contributed by atoms with E-state index in [-0.39, 0.29) is 4.21 Å². The molecule has 4 aromatic rings. The lowest BCUT2D eigenvalue weighted by Gasteiger charge is -2.05. The third kappa shape index (κ3) is 3.49. The van der Waals surface area contributed by atoms with Crippen molar-refractivity contribution in [1.82, 2.24) is 9.78 Å². The van der Waals surface area contributed by atoms with Gasteiger partial charge >= 0.3 is 0 Å². The zero-order chi connectivity index (χ0) is 20.6. The van der Waals surface area contributed by atoms with Gasteiger partial charge in [-0.25, -0.2) is 13.6 Å². The summed E-state index contributed by atoms with van der Waals surface area (Å²) in [6, 6.07) is 16.6.